The van der Waals surface area contributed by atoms with E-state index in [4.69, 9.17) is 28.5 Å². The molecule has 0 saturated heterocycles. The van der Waals surface area contributed by atoms with Crippen LogP contribution in [0.3, 0.4) is 0 Å². The van der Waals surface area contributed by atoms with Crippen molar-refractivity contribution >= 4 is 23.2 Å². The van der Waals surface area contributed by atoms with Crippen molar-refractivity contribution in [3.05, 3.63) is 52.1 Å². The number of nitrogens with zero attached hydrogens (tertiary/aromatic N) is 2. The first-order chi connectivity index (χ1) is 7.70. The maximum atomic E-state index is 8.80. The summed E-state index contributed by atoms with van der Waals surface area (Å²) < 4.78 is 0. The Hall–Kier alpha value is -1.56. The molecule has 0 bridgehead atoms. The molecule has 0 fully saturated rings. The van der Waals surface area contributed by atoms with E-state index in [1.807, 2.05) is 0 Å². The van der Waals surface area contributed by atoms with Crippen LogP contribution in [0.15, 0.2) is 36.5 Å². The number of hydrogen-bond donors (Lipinski definition) is 0. The summed E-state index contributed by atoms with van der Waals surface area (Å²) in [5, 5.41) is 9.94. The van der Waals surface area contributed by atoms with Crippen LogP contribution < -0.4 is 0 Å². The van der Waals surface area contributed by atoms with Gasteiger partial charge < -0.3 is 0 Å². The van der Waals surface area contributed by atoms with Crippen molar-refractivity contribution in [1.29, 1.82) is 5.26 Å². The molecule has 0 aliphatic carbocycles. The first-order valence-corrected chi connectivity index (χ1v) is 5.28. The van der Waals surface area contributed by atoms with Crippen LogP contribution in [0, 0.1) is 11.3 Å². The molecule has 1 heterocycles. The van der Waals surface area contributed by atoms with Gasteiger partial charge in [0.2, 0.25) is 0 Å². The van der Waals surface area contributed by atoms with Gasteiger partial charge in [-0.3, -0.25) is 4.98 Å². The third-order valence-electron chi connectivity index (χ3n) is 2.09. The normalized spacial score (nSPS) is 9.81. The molecule has 0 amide bonds. The molecule has 1 aromatic carbocycles. The number of nitriles is 1. The van der Waals surface area contributed by atoms with E-state index in [-0.39, 0.29) is 0 Å². The lowest BCUT2D eigenvalue weighted by atomic mass is 10.1. The fraction of sp³-hybridized carbons (Fsp3) is 0. The lowest BCUT2D eigenvalue weighted by molar-refractivity contribution is 1.31. The van der Waals surface area contributed by atoms with Crippen molar-refractivity contribution in [2.75, 3.05) is 0 Å². The molecule has 0 N–H and O–H groups in total. The quantitative estimate of drug-likeness (QED) is 0.767. The molecule has 0 radical (unpaired) electrons. The largest absolute Gasteiger partial charge is 0.256 e. The van der Waals surface area contributed by atoms with Crippen LogP contribution in [0.1, 0.15) is 5.56 Å². The standard InChI is InChI=1S/C12H6Cl2N2/c13-9-1-2-11(14)10(6-9)12-5-8(7-15)3-4-16-12/h1-6H. The molecule has 0 aliphatic rings. The lowest BCUT2D eigenvalue weighted by Gasteiger charge is -2.04. The van der Waals surface area contributed by atoms with Gasteiger partial charge in [0.25, 0.3) is 0 Å². The van der Waals surface area contributed by atoms with Gasteiger partial charge in [0, 0.05) is 16.8 Å². The van der Waals surface area contributed by atoms with Gasteiger partial charge in [0.15, 0.2) is 0 Å². The number of hydrogen-bond acceptors (Lipinski definition) is 2. The third kappa shape index (κ3) is 2.16. The summed E-state index contributed by atoms with van der Waals surface area (Å²) in [6.45, 7) is 0. The fourth-order valence-electron chi connectivity index (χ4n) is 1.34. The van der Waals surface area contributed by atoms with Crippen LogP contribution in [0.25, 0.3) is 11.3 Å². The predicted octanol–water partition coefficient (Wildman–Crippen LogP) is 3.93. The number of halogens is 2. The molecule has 2 aromatic rings. The summed E-state index contributed by atoms with van der Waals surface area (Å²) in [5.74, 6) is 0. The molecule has 2 nitrogen and oxygen atoms in total. The van der Waals surface area contributed by atoms with Crippen LogP contribution in [0.5, 0.6) is 0 Å². The van der Waals surface area contributed by atoms with Gasteiger partial charge in [-0.15, -0.1) is 0 Å². The van der Waals surface area contributed by atoms with Crippen molar-refractivity contribution in [3.63, 3.8) is 0 Å². The zero-order chi connectivity index (χ0) is 11.5. The van der Waals surface area contributed by atoms with Gasteiger partial charge in [-0.25, -0.2) is 0 Å². The molecule has 0 unspecified atom stereocenters. The zero-order valence-electron chi connectivity index (χ0n) is 8.11. The highest BCUT2D eigenvalue weighted by atomic mass is 35.5. The van der Waals surface area contributed by atoms with Gasteiger partial charge >= 0.3 is 0 Å². The summed E-state index contributed by atoms with van der Waals surface area (Å²) in [4.78, 5) is 4.17. The zero-order valence-corrected chi connectivity index (χ0v) is 9.63. The first kappa shape index (κ1) is 10.9. The summed E-state index contributed by atoms with van der Waals surface area (Å²) in [6.07, 6.45) is 1.57. The van der Waals surface area contributed by atoms with Crippen molar-refractivity contribution in [3.8, 4) is 17.3 Å². The smallest absolute Gasteiger partial charge is 0.0992 e. The Bertz CT molecular complexity index is 573. The Balaban J connectivity index is 2.58. The van der Waals surface area contributed by atoms with Crippen molar-refractivity contribution < 1.29 is 0 Å². The van der Waals surface area contributed by atoms with E-state index in [0.29, 0.717) is 21.3 Å². The van der Waals surface area contributed by atoms with E-state index < -0.39 is 0 Å². The SMILES string of the molecule is N#Cc1ccnc(-c2cc(Cl)ccc2Cl)c1. The van der Waals surface area contributed by atoms with E-state index in [2.05, 4.69) is 11.1 Å². The summed E-state index contributed by atoms with van der Waals surface area (Å²) in [7, 11) is 0. The van der Waals surface area contributed by atoms with Gasteiger partial charge in [0.05, 0.1) is 22.3 Å². The maximum absolute atomic E-state index is 8.80. The number of aromatic nitrogens is 1. The minimum atomic E-state index is 0.543. The summed E-state index contributed by atoms with van der Waals surface area (Å²) in [5.41, 5.74) is 1.92. The van der Waals surface area contributed by atoms with Crippen LogP contribution in [0.4, 0.5) is 0 Å². The summed E-state index contributed by atoms with van der Waals surface area (Å²) in [6, 6.07) is 10.5. The minimum Gasteiger partial charge on any atom is -0.256 e. The summed E-state index contributed by atoms with van der Waals surface area (Å²) >= 11 is 11.9. The van der Waals surface area contributed by atoms with Crippen LogP contribution in [-0.2, 0) is 0 Å². The van der Waals surface area contributed by atoms with Crippen molar-refractivity contribution in [2.45, 2.75) is 0 Å². The van der Waals surface area contributed by atoms with E-state index in [1.165, 1.54) is 0 Å². The van der Waals surface area contributed by atoms with Crippen molar-refractivity contribution in [2.24, 2.45) is 0 Å². The van der Waals surface area contributed by atoms with Gasteiger partial charge in [-0.1, -0.05) is 23.2 Å². The Labute approximate surface area is 103 Å². The minimum absolute atomic E-state index is 0.543. The van der Waals surface area contributed by atoms with Crippen molar-refractivity contribution in [1.82, 2.24) is 4.98 Å². The highest BCUT2D eigenvalue weighted by Gasteiger charge is 2.06. The average molecular weight is 249 g/mol. The number of pyridine rings is 1. The lowest BCUT2D eigenvalue weighted by Crippen LogP contribution is -1.86. The Morgan fingerprint density at radius 2 is 1.94 bits per heavy atom. The Morgan fingerprint density at radius 3 is 2.69 bits per heavy atom. The fourth-order valence-corrected chi connectivity index (χ4v) is 1.73. The van der Waals surface area contributed by atoms with Crippen LogP contribution in [0.2, 0.25) is 10.0 Å². The van der Waals surface area contributed by atoms with Gasteiger partial charge in [-0.2, -0.15) is 5.26 Å². The molecule has 16 heavy (non-hydrogen) atoms. The third-order valence-corrected chi connectivity index (χ3v) is 2.66. The highest BCUT2D eigenvalue weighted by molar-refractivity contribution is 6.35. The van der Waals surface area contributed by atoms with E-state index in [0.717, 1.165) is 5.56 Å². The Kier molecular flexibility index (Phi) is 3.09. The van der Waals surface area contributed by atoms with Gasteiger partial charge in [0.1, 0.15) is 0 Å². The van der Waals surface area contributed by atoms with Crippen LogP contribution in [-0.4, -0.2) is 4.98 Å². The Morgan fingerprint density at radius 1 is 1.12 bits per heavy atom. The van der Waals surface area contributed by atoms with Crippen LogP contribution >= 0.6 is 23.2 Å². The molecular weight excluding hydrogens is 243 g/mol. The molecular formula is C12H6Cl2N2. The monoisotopic (exact) mass is 248 g/mol. The molecule has 2 rings (SSSR count). The molecule has 1 aromatic heterocycles. The highest BCUT2D eigenvalue weighted by Crippen LogP contribution is 2.29. The maximum Gasteiger partial charge on any atom is 0.0992 e. The first-order valence-electron chi connectivity index (χ1n) is 4.52. The second-order valence-electron chi connectivity index (χ2n) is 3.17. The molecule has 0 spiro atoms. The number of benzene rings is 1. The molecule has 0 atom stereocenters. The second-order valence-corrected chi connectivity index (χ2v) is 4.01. The topological polar surface area (TPSA) is 36.7 Å². The number of rotatable bonds is 1. The molecule has 4 heteroatoms. The molecule has 0 aliphatic heterocycles. The van der Waals surface area contributed by atoms with E-state index >= 15 is 0 Å². The molecule has 0 saturated carbocycles. The average Bonchev–Trinajstić information content (AvgIpc) is 2.32. The van der Waals surface area contributed by atoms with Gasteiger partial charge in [-0.05, 0) is 30.3 Å². The van der Waals surface area contributed by atoms with E-state index in [1.54, 1.807) is 36.5 Å². The molecule has 78 valence electrons. The predicted molar refractivity (Wildman–Crippen MR) is 64.4 cm³/mol. The van der Waals surface area contributed by atoms with E-state index in [9.17, 15) is 0 Å². The second kappa shape index (κ2) is 4.52.